The third kappa shape index (κ3) is 5.24. The topological polar surface area (TPSA) is 74.5 Å². The van der Waals surface area contributed by atoms with Crippen LogP contribution in [0.25, 0.3) is 0 Å². The standard InChI is InChI=1S/C19H17ClN2O4S/c1-12(18(23)13-3-7-15(24-2)8-4-13)27-19-22-21-17(26-19)11-25-16-9-5-14(20)6-10-16/h3-10,12H,11H2,1-2H3. The molecule has 1 unspecified atom stereocenters. The van der Waals surface area contributed by atoms with Crippen molar-refractivity contribution in [3.05, 3.63) is 65.0 Å². The van der Waals surface area contributed by atoms with Gasteiger partial charge in [0, 0.05) is 10.6 Å². The van der Waals surface area contributed by atoms with E-state index >= 15 is 0 Å². The van der Waals surface area contributed by atoms with E-state index < -0.39 is 0 Å². The molecule has 0 aliphatic heterocycles. The minimum absolute atomic E-state index is 0.0279. The second-order valence-electron chi connectivity index (χ2n) is 5.56. The number of benzene rings is 2. The van der Waals surface area contributed by atoms with Gasteiger partial charge in [0.1, 0.15) is 11.5 Å². The van der Waals surface area contributed by atoms with E-state index in [2.05, 4.69) is 10.2 Å². The molecule has 0 fully saturated rings. The zero-order valence-electron chi connectivity index (χ0n) is 14.7. The molecule has 0 spiro atoms. The van der Waals surface area contributed by atoms with E-state index in [1.807, 2.05) is 0 Å². The van der Waals surface area contributed by atoms with E-state index in [4.69, 9.17) is 25.5 Å². The Morgan fingerprint density at radius 3 is 2.44 bits per heavy atom. The van der Waals surface area contributed by atoms with E-state index in [0.29, 0.717) is 33.2 Å². The lowest BCUT2D eigenvalue weighted by molar-refractivity contribution is 0.0993. The molecule has 8 heteroatoms. The molecule has 1 atom stereocenters. The molecular formula is C19H17ClN2O4S. The fourth-order valence-electron chi connectivity index (χ4n) is 2.21. The highest BCUT2D eigenvalue weighted by atomic mass is 35.5. The van der Waals surface area contributed by atoms with Crippen molar-refractivity contribution in [3.8, 4) is 11.5 Å². The second-order valence-corrected chi connectivity index (χ2v) is 7.29. The monoisotopic (exact) mass is 404 g/mol. The third-order valence-electron chi connectivity index (χ3n) is 3.65. The molecule has 1 heterocycles. The van der Waals surface area contributed by atoms with Crippen LogP contribution in [0.15, 0.2) is 58.2 Å². The molecule has 3 aromatic rings. The Bertz CT molecular complexity index is 897. The average molecular weight is 405 g/mol. The first-order valence-electron chi connectivity index (χ1n) is 8.11. The number of nitrogens with zero attached hydrogens (tertiary/aromatic N) is 2. The van der Waals surface area contributed by atoms with Crippen LogP contribution in [0, 0.1) is 0 Å². The lowest BCUT2D eigenvalue weighted by Crippen LogP contribution is -2.13. The largest absolute Gasteiger partial charge is 0.497 e. The van der Waals surface area contributed by atoms with Crippen LogP contribution in [0.1, 0.15) is 23.2 Å². The number of aromatic nitrogens is 2. The molecule has 0 saturated carbocycles. The summed E-state index contributed by atoms with van der Waals surface area (Å²) in [4.78, 5) is 12.5. The number of ether oxygens (including phenoxy) is 2. The molecule has 0 amide bonds. The number of methoxy groups -OCH3 is 1. The first-order chi connectivity index (χ1) is 13.0. The lowest BCUT2D eigenvalue weighted by Gasteiger charge is -2.08. The summed E-state index contributed by atoms with van der Waals surface area (Å²) >= 11 is 7.04. The Morgan fingerprint density at radius 2 is 1.78 bits per heavy atom. The van der Waals surface area contributed by atoms with Crippen molar-refractivity contribution < 1.29 is 18.7 Å². The maximum Gasteiger partial charge on any atom is 0.277 e. The predicted molar refractivity (Wildman–Crippen MR) is 103 cm³/mol. The van der Waals surface area contributed by atoms with Crippen molar-refractivity contribution in [2.75, 3.05) is 7.11 Å². The van der Waals surface area contributed by atoms with Gasteiger partial charge in [-0.25, -0.2) is 0 Å². The fraction of sp³-hybridized carbons (Fsp3) is 0.211. The molecule has 140 valence electrons. The highest BCUT2D eigenvalue weighted by molar-refractivity contribution is 8.00. The Kier molecular flexibility index (Phi) is 6.36. The van der Waals surface area contributed by atoms with Crippen molar-refractivity contribution in [1.29, 1.82) is 0 Å². The minimum Gasteiger partial charge on any atom is -0.497 e. The second kappa shape index (κ2) is 8.92. The van der Waals surface area contributed by atoms with Gasteiger partial charge in [-0.05, 0) is 55.5 Å². The number of carbonyl (C=O) groups excluding carboxylic acids is 1. The van der Waals surface area contributed by atoms with Gasteiger partial charge in [-0.3, -0.25) is 4.79 Å². The molecule has 2 aromatic carbocycles. The summed E-state index contributed by atoms with van der Waals surface area (Å²) in [6.07, 6.45) is 0. The van der Waals surface area contributed by atoms with E-state index in [-0.39, 0.29) is 17.6 Å². The van der Waals surface area contributed by atoms with Gasteiger partial charge >= 0.3 is 0 Å². The number of hydrogen-bond acceptors (Lipinski definition) is 7. The quantitative estimate of drug-likeness (QED) is 0.398. The molecule has 0 aliphatic carbocycles. The number of ketones is 1. The Morgan fingerprint density at radius 1 is 1.11 bits per heavy atom. The molecular weight excluding hydrogens is 388 g/mol. The van der Waals surface area contributed by atoms with Crippen LogP contribution in [0.4, 0.5) is 0 Å². The van der Waals surface area contributed by atoms with Crippen LogP contribution in [0.5, 0.6) is 11.5 Å². The first kappa shape index (κ1) is 19.3. The summed E-state index contributed by atoms with van der Waals surface area (Å²) in [6.45, 7) is 1.93. The molecule has 0 radical (unpaired) electrons. The summed E-state index contributed by atoms with van der Waals surface area (Å²) in [5, 5.41) is 8.48. The van der Waals surface area contributed by atoms with Crippen LogP contribution in [0.3, 0.4) is 0 Å². The summed E-state index contributed by atoms with van der Waals surface area (Å²) in [5.74, 6) is 1.65. The van der Waals surface area contributed by atoms with Crippen molar-refractivity contribution in [3.63, 3.8) is 0 Å². The van der Waals surface area contributed by atoms with E-state index in [1.54, 1.807) is 62.6 Å². The molecule has 0 aliphatic rings. The highest BCUT2D eigenvalue weighted by Gasteiger charge is 2.20. The highest BCUT2D eigenvalue weighted by Crippen LogP contribution is 2.25. The SMILES string of the molecule is COc1ccc(C(=O)C(C)Sc2nnc(COc3ccc(Cl)cc3)o2)cc1. The van der Waals surface area contributed by atoms with Crippen LogP contribution in [-0.2, 0) is 6.61 Å². The van der Waals surface area contributed by atoms with Crippen molar-refractivity contribution >= 4 is 29.1 Å². The van der Waals surface area contributed by atoms with Crippen LogP contribution >= 0.6 is 23.4 Å². The molecule has 27 heavy (non-hydrogen) atoms. The predicted octanol–water partition coefficient (Wildman–Crippen LogP) is 4.67. The van der Waals surface area contributed by atoms with Crippen LogP contribution < -0.4 is 9.47 Å². The van der Waals surface area contributed by atoms with Crippen molar-refractivity contribution in [1.82, 2.24) is 10.2 Å². The zero-order valence-corrected chi connectivity index (χ0v) is 16.3. The minimum atomic E-state index is -0.371. The van der Waals surface area contributed by atoms with Gasteiger partial charge in [0.15, 0.2) is 12.4 Å². The summed E-state index contributed by atoms with van der Waals surface area (Å²) in [5.41, 5.74) is 0.599. The van der Waals surface area contributed by atoms with Crippen LogP contribution in [-0.4, -0.2) is 28.3 Å². The third-order valence-corrected chi connectivity index (χ3v) is 4.83. The molecule has 1 aromatic heterocycles. The molecule has 0 saturated heterocycles. The molecule has 0 bridgehead atoms. The molecule has 3 rings (SSSR count). The van der Waals surface area contributed by atoms with Crippen molar-refractivity contribution in [2.45, 2.75) is 24.0 Å². The van der Waals surface area contributed by atoms with Gasteiger partial charge in [-0.15, -0.1) is 10.2 Å². The van der Waals surface area contributed by atoms with E-state index in [0.717, 1.165) is 0 Å². The zero-order chi connectivity index (χ0) is 19.2. The maximum atomic E-state index is 12.5. The van der Waals surface area contributed by atoms with Crippen LogP contribution in [0.2, 0.25) is 5.02 Å². The van der Waals surface area contributed by atoms with E-state index in [1.165, 1.54) is 11.8 Å². The molecule has 0 N–H and O–H groups in total. The number of hydrogen-bond donors (Lipinski definition) is 0. The van der Waals surface area contributed by atoms with Crippen molar-refractivity contribution in [2.24, 2.45) is 0 Å². The number of halogens is 1. The van der Waals surface area contributed by atoms with Gasteiger partial charge < -0.3 is 13.9 Å². The fourth-order valence-corrected chi connectivity index (χ4v) is 3.12. The number of thioether (sulfide) groups is 1. The van der Waals surface area contributed by atoms with Gasteiger partial charge in [0.25, 0.3) is 11.1 Å². The van der Waals surface area contributed by atoms with Gasteiger partial charge in [-0.1, -0.05) is 23.4 Å². The summed E-state index contributed by atoms with van der Waals surface area (Å²) < 4.78 is 16.2. The Labute approximate surface area is 165 Å². The number of Topliss-reactive ketones (excluding diaryl/α,β-unsaturated/α-hetero) is 1. The van der Waals surface area contributed by atoms with Gasteiger partial charge in [-0.2, -0.15) is 0 Å². The van der Waals surface area contributed by atoms with E-state index in [9.17, 15) is 4.79 Å². The maximum absolute atomic E-state index is 12.5. The van der Waals surface area contributed by atoms with Gasteiger partial charge in [0.05, 0.1) is 12.4 Å². The normalized spacial score (nSPS) is 11.8. The lowest BCUT2D eigenvalue weighted by atomic mass is 10.1. The summed E-state index contributed by atoms with van der Waals surface area (Å²) in [7, 11) is 1.58. The van der Waals surface area contributed by atoms with Gasteiger partial charge in [0.2, 0.25) is 0 Å². The molecule has 6 nitrogen and oxygen atoms in total. The first-order valence-corrected chi connectivity index (χ1v) is 9.36. The average Bonchev–Trinajstić information content (AvgIpc) is 3.14. The summed E-state index contributed by atoms with van der Waals surface area (Å²) in [6, 6.07) is 14.0. The number of carbonyl (C=O) groups is 1. The number of rotatable bonds is 8. The Balaban J connectivity index is 1.55. The Hall–Kier alpha value is -2.51. The smallest absolute Gasteiger partial charge is 0.277 e.